The van der Waals surface area contributed by atoms with Crippen molar-refractivity contribution < 1.29 is 17.6 Å². The summed E-state index contributed by atoms with van der Waals surface area (Å²) in [7, 11) is 1.74. The molecule has 0 spiro atoms. The number of hydrazine groups is 1. The second-order valence-corrected chi connectivity index (χ2v) is 8.87. The zero-order valence-electron chi connectivity index (χ0n) is 20.7. The van der Waals surface area contributed by atoms with Crippen LogP contribution in [0.25, 0.3) is 5.57 Å². The number of nitrogens with one attached hydrogen (secondary N) is 2. The van der Waals surface area contributed by atoms with Gasteiger partial charge in [-0.25, -0.2) is 4.39 Å². The topological polar surface area (TPSA) is 60.2 Å². The van der Waals surface area contributed by atoms with Gasteiger partial charge in [-0.3, -0.25) is 15.1 Å². The number of aromatic nitrogens is 2. The number of anilines is 1. The predicted octanol–water partition coefficient (Wildman–Crippen LogP) is 5.99. The zero-order valence-corrected chi connectivity index (χ0v) is 20.7. The van der Waals surface area contributed by atoms with Gasteiger partial charge in [0, 0.05) is 69.2 Å². The fourth-order valence-corrected chi connectivity index (χ4v) is 3.94. The Morgan fingerprint density at radius 3 is 2.50 bits per heavy atom. The fourth-order valence-electron chi connectivity index (χ4n) is 3.94. The highest BCUT2D eigenvalue weighted by Gasteiger charge is 2.31. The van der Waals surface area contributed by atoms with Gasteiger partial charge < -0.3 is 10.3 Å². The lowest BCUT2D eigenvalue weighted by Crippen LogP contribution is -2.50. The van der Waals surface area contributed by atoms with E-state index in [1.54, 1.807) is 29.1 Å². The van der Waals surface area contributed by atoms with Crippen LogP contribution in [0, 0.1) is 11.3 Å². The minimum Gasteiger partial charge on any atom is -0.305 e. The van der Waals surface area contributed by atoms with E-state index in [9.17, 15) is 17.6 Å². The zero-order chi connectivity index (χ0) is 26.5. The van der Waals surface area contributed by atoms with Crippen molar-refractivity contribution in [2.24, 2.45) is 5.92 Å². The number of hydrogen-bond acceptors (Lipinski definition) is 5. The number of allylic oxidation sites excluding steroid dienone is 3. The molecule has 6 nitrogen and oxygen atoms in total. The van der Waals surface area contributed by atoms with Crippen LogP contribution in [0.3, 0.4) is 0 Å². The van der Waals surface area contributed by atoms with Gasteiger partial charge in [0.05, 0.1) is 23.3 Å². The van der Waals surface area contributed by atoms with Crippen LogP contribution >= 0.6 is 0 Å². The minimum absolute atomic E-state index is 0.0606. The smallest absolute Gasteiger partial charge is 0.305 e. The summed E-state index contributed by atoms with van der Waals surface area (Å²) in [6, 6.07) is 4.80. The van der Waals surface area contributed by atoms with Gasteiger partial charge in [-0.15, -0.1) is 0 Å². The summed E-state index contributed by atoms with van der Waals surface area (Å²) < 4.78 is 53.2. The van der Waals surface area contributed by atoms with E-state index in [2.05, 4.69) is 22.0 Å². The van der Waals surface area contributed by atoms with Gasteiger partial charge in [-0.05, 0) is 55.3 Å². The molecule has 36 heavy (non-hydrogen) atoms. The molecule has 3 rings (SSSR count). The van der Waals surface area contributed by atoms with Gasteiger partial charge in [-0.1, -0.05) is 6.58 Å². The summed E-state index contributed by atoms with van der Waals surface area (Å²) in [6.07, 6.45) is 3.21. The molecule has 1 aromatic heterocycles. The average Bonchev–Trinajstić information content (AvgIpc) is 3.26. The lowest BCUT2D eigenvalue weighted by Gasteiger charge is -2.40. The van der Waals surface area contributed by atoms with Crippen LogP contribution in [-0.4, -0.2) is 52.1 Å². The molecular formula is C26H32F4N6. The van der Waals surface area contributed by atoms with Gasteiger partial charge in [0.1, 0.15) is 0 Å². The first-order valence-corrected chi connectivity index (χ1v) is 11.7. The first-order chi connectivity index (χ1) is 17.0. The summed E-state index contributed by atoms with van der Waals surface area (Å²) >= 11 is 0. The standard InChI is InChI=1S/C26H32F4N6/c1-5-36-17-20(14-32-36)24(19(3)25(31)21-15-35(16-21)13-10-18(2)27)11-12-34(4)33-23-8-6-22(7-9-23)26(28,29)30/h6-9,11-12,14,17,21,31,33H,2,5,10,13,15-16H2,1,3-4H3/b12-11-,24-19-,31-25?. The lowest BCUT2D eigenvalue weighted by atomic mass is 9.87. The van der Waals surface area contributed by atoms with Gasteiger partial charge in [0.25, 0.3) is 0 Å². The molecule has 10 heteroatoms. The molecule has 0 unspecified atom stereocenters. The third-order valence-corrected chi connectivity index (χ3v) is 6.12. The highest BCUT2D eigenvalue weighted by Crippen LogP contribution is 2.30. The molecule has 0 saturated carbocycles. The van der Waals surface area contributed by atoms with Crippen molar-refractivity contribution >= 4 is 17.0 Å². The number of aryl methyl sites for hydroxylation is 1. The summed E-state index contributed by atoms with van der Waals surface area (Å²) in [5.41, 5.74) is 5.85. The van der Waals surface area contributed by atoms with E-state index in [0.29, 0.717) is 44.0 Å². The van der Waals surface area contributed by atoms with E-state index in [1.165, 1.54) is 12.1 Å². The van der Waals surface area contributed by atoms with Crippen molar-refractivity contribution in [3.05, 3.63) is 78.0 Å². The number of alkyl halides is 3. The number of benzene rings is 1. The van der Waals surface area contributed by atoms with E-state index in [1.807, 2.05) is 26.1 Å². The second kappa shape index (κ2) is 11.6. The molecule has 2 N–H and O–H groups in total. The number of hydrogen-bond donors (Lipinski definition) is 2. The van der Waals surface area contributed by atoms with E-state index < -0.39 is 11.7 Å². The number of nitrogens with zero attached hydrogens (tertiary/aromatic N) is 4. The molecule has 0 aliphatic carbocycles. The Hall–Kier alpha value is -3.40. The molecule has 1 aliphatic heterocycles. The van der Waals surface area contributed by atoms with Crippen molar-refractivity contribution in [1.82, 2.24) is 19.7 Å². The van der Waals surface area contributed by atoms with Gasteiger partial charge in [0.2, 0.25) is 0 Å². The average molecular weight is 505 g/mol. The van der Waals surface area contributed by atoms with Crippen LogP contribution in [0.2, 0.25) is 0 Å². The molecule has 0 radical (unpaired) electrons. The fraction of sp³-hybridized carbons (Fsp3) is 0.385. The first-order valence-electron chi connectivity index (χ1n) is 11.7. The Balaban J connectivity index is 1.74. The van der Waals surface area contributed by atoms with Crippen molar-refractivity contribution in [1.29, 1.82) is 5.41 Å². The Bertz CT molecular complexity index is 1120. The van der Waals surface area contributed by atoms with Crippen LogP contribution in [0.15, 0.2) is 66.9 Å². The molecule has 194 valence electrons. The van der Waals surface area contributed by atoms with Crippen LogP contribution in [0.5, 0.6) is 0 Å². The van der Waals surface area contributed by atoms with Crippen LogP contribution in [0.1, 0.15) is 31.4 Å². The second-order valence-electron chi connectivity index (χ2n) is 8.87. The van der Waals surface area contributed by atoms with E-state index in [0.717, 1.165) is 28.8 Å². The van der Waals surface area contributed by atoms with Gasteiger partial charge in [0.15, 0.2) is 0 Å². The first kappa shape index (κ1) is 27.2. The molecule has 0 bridgehead atoms. The van der Waals surface area contributed by atoms with E-state index in [-0.39, 0.29) is 11.7 Å². The molecule has 1 fully saturated rings. The third-order valence-electron chi connectivity index (χ3n) is 6.12. The minimum atomic E-state index is -4.38. The quantitative estimate of drug-likeness (QED) is 0.171. The molecule has 0 atom stereocenters. The number of halogens is 4. The predicted molar refractivity (Wildman–Crippen MR) is 135 cm³/mol. The SMILES string of the molecule is C=C(F)CCN1CC(C(=N)/C(C)=C(/C=C\N(C)Nc2ccc(C(F)(F)F)cc2)c2cnn(CC)c2)C1. The number of rotatable bonds is 11. The normalized spacial score (nSPS) is 15.5. The Morgan fingerprint density at radius 1 is 1.28 bits per heavy atom. The maximum Gasteiger partial charge on any atom is 0.416 e. The largest absolute Gasteiger partial charge is 0.416 e. The molecule has 1 aliphatic rings. The Labute approximate surface area is 209 Å². The van der Waals surface area contributed by atoms with Crippen LogP contribution in [0.4, 0.5) is 23.2 Å². The van der Waals surface area contributed by atoms with E-state index in [4.69, 9.17) is 5.41 Å². The van der Waals surface area contributed by atoms with E-state index >= 15 is 0 Å². The van der Waals surface area contributed by atoms with Crippen molar-refractivity contribution in [3.63, 3.8) is 0 Å². The van der Waals surface area contributed by atoms with Crippen molar-refractivity contribution in [2.45, 2.75) is 33.0 Å². The maximum atomic E-state index is 12.9. The Kier molecular flexibility index (Phi) is 8.73. The van der Waals surface area contributed by atoms with Gasteiger partial charge >= 0.3 is 6.18 Å². The summed E-state index contributed by atoms with van der Waals surface area (Å²) in [5.74, 6) is -0.274. The van der Waals surface area contributed by atoms with Crippen molar-refractivity contribution in [3.8, 4) is 0 Å². The molecular weight excluding hydrogens is 472 g/mol. The van der Waals surface area contributed by atoms with Gasteiger partial charge in [-0.2, -0.15) is 18.3 Å². The lowest BCUT2D eigenvalue weighted by molar-refractivity contribution is -0.137. The third kappa shape index (κ3) is 7.07. The summed E-state index contributed by atoms with van der Waals surface area (Å²) in [5, 5.41) is 14.8. The molecule has 2 aromatic rings. The molecule has 1 saturated heterocycles. The highest BCUT2D eigenvalue weighted by atomic mass is 19.4. The summed E-state index contributed by atoms with van der Waals surface area (Å²) in [4.78, 5) is 2.10. The molecule has 0 amide bonds. The Morgan fingerprint density at radius 2 is 1.94 bits per heavy atom. The number of likely N-dealkylation sites (tertiary alicyclic amines) is 1. The van der Waals surface area contributed by atoms with Crippen molar-refractivity contribution in [2.75, 3.05) is 32.1 Å². The summed E-state index contributed by atoms with van der Waals surface area (Å²) in [6.45, 7) is 9.89. The maximum absolute atomic E-state index is 12.9. The highest BCUT2D eigenvalue weighted by molar-refractivity contribution is 6.07. The van der Waals surface area contributed by atoms with Crippen LogP contribution in [-0.2, 0) is 12.7 Å². The van der Waals surface area contributed by atoms with Crippen LogP contribution < -0.4 is 5.43 Å². The monoisotopic (exact) mass is 504 g/mol. The molecule has 1 aromatic carbocycles. The molecule has 2 heterocycles.